The Morgan fingerprint density at radius 3 is 2.50 bits per heavy atom. The van der Waals surface area contributed by atoms with Gasteiger partial charge in [-0.05, 0) is 36.4 Å². The van der Waals surface area contributed by atoms with Gasteiger partial charge in [0.15, 0.2) is 0 Å². The molecule has 6 heteroatoms. The van der Waals surface area contributed by atoms with Crippen LogP contribution in [0.5, 0.6) is 0 Å². The third kappa shape index (κ3) is 3.12. The molecule has 1 aromatic heterocycles. The molecule has 0 fully saturated rings. The topological polar surface area (TPSA) is 85.3 Å². The Balaban J connectivity index is 1.97. The summed E-state index contributed by atoms with van der Waals surface area (Å²) >= 11 is 0. The van der Waals surface area contributed by atoms with E-state index in [1.54, 1.807) is 30.5 Å². The quantitative estimate of drug-likeness (QED) is 0.801. The number of nitrogen functional groups attached to an aromatic ring is 1. The highest BCUT2D eigenvalue weighted by Gasteiger charge is 2.12. The minimum atomic E-state index is -3.48. The fourth-order valence-electron chi connectivity index (χ4n) is 1.49. The zero-order valence-corrected chi connectivity index (χ0v) is 10.5. The highest BCUT2D eigenvalue weighted by atomic mass is 32.2. The highest BCUT2D eigenvalue weighted by molar-refractivity contribution is 7.89. The molecule has 5 nitrogen and oxygen atoms in total. The summed E-state index contributed by atoms with van der Waals surface area (Å²) in [5.41, 5.74) is 6.04. The Labute approximate surface area is 106 Å². The van der Waals surface area contributed by atoms with E-state index in [1.807, 2.05) is 0 Å². The Morgan fingerprint density at radius 2 is 1.89 bits per heavy atom. The van der Waals surface area contributed by atoms with Gasteiger partial charge in [0.05, 0.1) is 11.2 Å². The van der Waals surface area contributed by atoms with Crippen LogP contribution in [0, 0.1) is 0 Å². The van der Waals surface area contributed by atoms with Gasteiger partial charge < -0.3 is 10.2 Å². The molecular formula is C12H14N2O3S. The number of furan rings is 1. The van der Waals surface area contributed by atoms with Crippen LogP contribution in [-0.4, -0.2) is 15.0 Å². The van der Waals surface area contributed by atoms with Crippen molar-refractivity contribution in [3.8, 4) is 0 Å². The first kappa shape index (κ1) is 12.7. The van der Waals surface area contributed by atoms with Crippen molar-refractivity contribution in [2.45, 2.75) is 11.3 Å². The molecule has 0 spiro atoms. The van der Waals surface area contributed by atoms with Crippen molar-refractivity contribution in [2.24, 2.45) is 0 Å². The largest absolute Gasteiger partial charge is 0.469 e. The van der Waals surface area contributed by atoms with Gasteiger partial charge in [-0.3, -0.25) is 0 Å². The predicted octanol–water partition coefficient (Wildman–Crippen LogP) is 1.38. The summed E-state index contributed by atoms with van der Waals surface area (Å²) in [6.45, 7) is 0.292. The monoisotopic (exact) mass is 266 g/mol. The van der Waals surface area contributed by atoms with E-state index in [1.165, 1.54) is 12.1 Å². The maximum Gasteiger partial charge on any atom is 0.240 e. The van der Waals surface area contributed by atoms with Crippen molar-refractivity contribution < 1.29 is 12.8 Å². The van der Waals surface area contributed by atoms with Crippen LogP contribution in [0.2, 0.25) is 0 Å². The van der Waals surface area contributed by atoms with Crippen molar-refractivity contribution in [3.05, 3.63) is 48.4 Å². The van der Waals surface area contributed by atoms with Crippen LogP contribution in [0.4, 0.5) is 5.69 Å². The minimum absolute atomic E-state index is 0.205. The van der Waals surface area contributed by atoms with Gasteiger partial charge in [0.25, 0.3) is 0 Å². The Kier molecular flexibility index (Phi) is 3.69. The van der Waals surface area contributed by atoms with Crippen molar-refractivity contribution in [3.63, 3.8) is 0 Å². The fourth-order valence-corrected chi connectivity index (χ4v) is 2.53. The standard InChI is InChI=1S/C12H14N2O3S/c13-10-3-5-12(6-4-10)18(15,16)14-8-7-11-2-1-9-17-11/h1-6,9,14H,7-8,13H2. The Bertz CT molecular complexity index is 589. The van der Waals surface area contributed by atoms with Gasteiger partial charge in [0.2, 0.25) is 10.0 Å². The molecule has 0 aliphatic heterocycles. The molecule has 2 aromatic rings. The first-order valence-electron chi connectivity index (χ1n) is 5.45. The molecule has 0 saturated carbocycles. The van der Waals surface area contributed by atoms with Gasteiger partial charge >= 0.3 is 0 Å². The number of rotatable bonds is 5. The lowest BCUT2D eigenvalue weighted by molar-refractivity contribution is 0.506. The summed E-state index contributed by atoms with van der Waals surface area (Å²) in [6.07, 6.45) is 2.07. The lowest BCUT2D eigenvalue weighted by Gasteiger charge is -2.06. The van der Waals surface area contributed by atoms with E-state index in [-0.39, 0.29) is 4.90 Å². The van der Waals surface area contributed by atoms with Gasteiger partial charge in [-0.25, -0.2) is 13.1 Å². The molecular weight excluding hydrogens is 252 g/mol. The number of hydrogen-bond donors (Lipinski definition) is 2. The summed E-state index contributed by atoms with van der Waals surface area (Å²) in [7, 11) is -3.48. The minimum Gasteiger partial charge on any atom is -0.469 e. The Hall–Kier alpha value is -1.79. The number of hydrogen-bond acceptors (Lipinski definition) is 4. The number of sulfonamides is 1. The third-order valence-corrected chi connectivity index (χ3v) is 3.91. The SMILES string of the molecule is Nc1ccc(S(=O)(=O)NCCc2ccco2)cc1. The molecule has 96 valence electrons. The van der Waals surface area contributed by atoms with E-state index in [0.717, 1.165) is 5.76 Å². The van der Waals surface area contributed by atoms with Crippen LogP contribution in [-0.2, 0) is 16.4 Å². The predicted molar refractivity (Wildman–Crippen MR) is 68.5 cm³/mol. The smallest absolute Gasteiger partial charge is 0.240 e. The average molecular weight is 266 g/mol. The van der Waals surface area contributed by atoms with Crippen LogP contribution in [0.3, 0.4) is 0 Å². The lowest BCUT2D eigenvalue weighted by Crippen LogP contribution is -2.25. The summed E-state index contributed by atoms with van der Waals surface area (Å²) in [5, 5.41) is 0. The first-order valence-corrected chi connectivity index (χ1v) is 6.94. The van der Waals surface area contributed by atoms with E-state index in [4.69, 9.17) is 10.2 Å². The number of nitrogens with two attached hydrogens (primary N) is 1. The maximum absolute atomic E-state index is 11.9. The van der Waals surface area contributed by atoms with E-state index in [2.05, 4.69) is 4.72 Å². The van der Waals surface area contributed by atoms with E-state index in [0.29, 0.717) is 18.7 Å². The van der Waals surface area contributed by atoms with E-state index in [9.17, 15) is 8.42 Å². The van der Waals surface area contributed by atoms with Crippen molar-refractivity contribution in [1.29, 1.82) is 0 Å². The molecule has 3 N–H and O–H groups in total. The molecule has 0 unspecified atom stereocenters. The van der Waals surface area contributed by atoms with Crippen molar-refractivity contribution >= 4 is 15.7 Å². The maximum atomic E-state index is 11.9. The molecule has 0 radical (unpaired) electrons. The summed E-state index contributed by atoms with van der Waals surface area (Å²) in [4.78, 5) is 0.205. The van der Waals surface area contributed by atoms with Crippen molar-refractivity contribution in [2.75, 3.05) is 12.3 Å². The number of nitrogens with one attached hydrogen (secondary N) is 1. The fraction of sp³-hybridized carbons (Fsp3) is 0.167. The van der Waals surface area contributed by atoms with Gasteiger partial charge in [0, 0.05) is 18.7 Å². The molecule has 1 aromatic carbocycles. The second-order valence-corrected chi connectivity index (χ2v) is 5.56. The van der Waals surface area contributed by atoms with Crippen LogP contribution >= 0.6 is 0 Å². The molecule has 0 bridgehead atoms. The summed E-state index contributed by atoms with van der Waals surface area (Å²) in [5.74, 6) is 0.745. The van der Waals surface area contributed by atoms with Gasteiger partial charge in [0.1, 0.15) is 5.76 Å². The number of benzene rings is 1. The zero-order valence-electron chi connectivity index (χ0n) is 9.67. The van der Waals surface area contributed by atoms with E-state index >= 15 is 0 Å². The Morgan fingerprint density at radius 1 is 1.17 bits per heavy atom. The van der Waals surface area contributed by atoms with Crippen LogP contribution in [0.25, 0.3) is 0 Å². The molecule has 18 heavy (non-hydrogen) atoms. The summed E-state index contributed by atoms with van der Waals surface area (Å²) < 4.78 is 31.4. The average Bonchev–Trinajstić information content (AvgIpc) is 2.82. The molecule has 2 rings (SSSR count). The van der Waals surface area contributed by atoms with Gasteiger partial charge in [-0.1, -0.05) is 0 Å². The van der Waals surface area contributed by atoms with E-state index < -0.39 is 10.0 Å². The zero-order chi connectivity index (χ0) is 13.0. The van der Waals surface area contributed by atoms with Crippen LogP contribution in [0.15, 0.2) is 52.0 Å². The van der Waals surface area contributed by atoms with Crippen LogP contribution in [0.1, 0.15) is 5.76 Å². The highest BCUT2D eigenvalue weighted by Crippen LogP contribution is 2.11. The lowest BCUT2D eigenvalue weighted by atomic mass is 10.3. The van der Waals surface area contributed by atoms with Gasteiger partial charge in [-0.15, -0.1) is 0 Å². The molecule has 0 aliphatic carbocycles. The molecule has 0 atom stereocenters. The second kappa shape index (κ2) is 5.24. The van der Waals surface area contributed by atoms with Crippen molar-refractivity contribution in [1.82, 2.24) is 4.72 Å². The molecule has 0 aliphatic rings. The van der Waals surface area contributed by atoms with Gasteiger partial charge in [-0.2, -0.15) is 0 Å². The second-order valence-electron chi connectivity index (χ2n) is 3.80. The first-order chi connectivity index (χ1) is 8.58. The molecule has 0 saturated heterocycles. The molecule has 0 amide bonds. The van der Waals surface area contributed by atoms with Crippen LogP contribution < -0.4 is 10.5 Å². The third-order valence-electron chi connectivity index (χ3n) is 2.43. The normalized spacial score (nSPS) is 11.6. The molecule has 1 heterocycles. The summed E-state index contributed by atoms with van der Waals surface area (Å²) in [6, 6.07) is 9.64. The number of anilines is 1.